The first-order chi connectivity index (χ1) is 23.1. The lowest BCUT2D eigenvalue weighted by Gasteiger charge is -2.39. The summed E-state index contributed by atoms with van der Waals surface area (Å²) in [6.07, 6.45) is -0.318. The van der Waals surface area contributed by atoms with Crippen molar-refractivity contribution in [2.24, 2.45) is 5.41 Å². The molecule has 0 radical (unpaired) electrons. The number of hydrogen-bond acceptors (Lipinski definition) is 6. The fraction of sp³-hybridized carbons (Fsp3) is 0.343. The number of hydrogen-bond donors (Lipinski definition) is 3. The molecule has 3 N–H and O–H groups in total. The summed E-state index contributed by atoms with van der Waals surface area (Å²) in [6.45, 7) is 6.56. The van der Waals surface area contributed by atoms with Crippen LogP contribution in [-0.2, 0) is 31.1 Å². The number of halogens is 2. The van der Waals surface area contributed by atoms with Crippen LogP contribution in [-0.4, -0.2) is 63.0 Å². The number of carbonyl (C=O) groups is 3. The first kappa shape index (κ1) is 34.8. The van der Waals surface area contributed by atoms with Crippen molar-refractivity contribution in [2.75, 3.05) is 19.7 Å². The molecular weight excluding hydrogens is 675 g/mol. The van der Waals surface area contributed by atoms with E-state index in [2.05, 4.69) is 5.32 Å². The minimum absolute atomic E-state index is 0.117. The number of thiophene rings is 1. The molecule has 14 heteroatoms. The molecule has 258 valence electrons. The molecule has 2 aliphatic rings. The van der Waals surface area contributed by atoms with Crippen LogP contribution in [0.25, 0.3) is 10.1 Å². The average molecular weight is 712 g/mol. The quantitative estimate of drug-likeness (QED) is 0.202. The number of rotatable bonds is 7. The molecule has 3 atom stereocenters. The van der Waals surface area contributed by atoms with E-state index in [9.17, 15) is 27.7 Å². The Morgan fingerprint density at radius 2 is 1.69 bits per heavy atom. The third kappa shape index (κ3) is 6.78. The fourth-order valence-corrected chi connectivity index (χ4v) is 7.70. The Labute approximate surface area is 285 Å². The van der Waals surface area contributed by atoms with Gasteiger partial charge in [-0.2, -0.15) is 8.78 Å². The maximum absolute atomic E-state index is 14.5. The molecule has 1 aromatic heterocycles. The van der Waals surface area contributed by atoms with Crippen LogP contribution in [0.15, 0.2) is 78.9 Å². The van der Waals surface area contributed by atoms with E-state index in [-0.39, 0.29) is 28.8 Å². The molecule has 0 bridgehead atoms. The molecular formula is C35H36F2N3O7PS. The summed E-state index contributed by atoms with van der Waals surface area (Å²) in [5, 5.41) is 3.03. The highest BCUT2D eigenvalue weighted by molar-refractivity contribution is 7.52. The van der Waals surface area contributed by atoms with Crippen LogP contribution >= 0.6 is 18.9 Å². The highest BCUT2D eigenvalue weighted by Gasteiger charge is 2.50. The summed E-state index contributed by atoms with van der Waals surface area (Å²) in [4.78, 5) is 64.1. The van der Waals surface area contributed by atoms with E-state index in [1.165, 1.54) is 17.0 Å². The van der Waals surface area contributed by atoms with Crippen molar-refractivity contribution in [3.63, 3.8) is 0 Å². The molecule has 0 spiro atoms. The van der Waals surface area contributed by atoms with Crippen molar-refractivity contribution >= 4 is 46.7 Å². The number of fused-ring (bicyclic) bond motifs is 2. The molecule has 0 saturated carbocycles. The Morgan fingerprint density at radius 1 is 1.00 bits per heavy atom. The van der Waals surface area contributed by atoms with E-state index in [0.717, 1.165) is 40.2 Å². The summed E-state index contributed by atoms with van der Waals surface area (Å²) in [7, 11) is -5.79. The Hall–Kier alpha value is -4.00. The van der Waals surface area contributed by atoms with Gasteiger partial charge in [0.2, 0.25) is 11.8 Å². The van der Waals surface area contributed by atoms with Crippen molar-refractivity contribution < 1.29 is 42.3 Å². The summed E-state index contributed by atoms with van der Waals surface area (Å²) >= 11 is 0.993. The van der Waals surface area contributed by atoms with Gasteiger partial charge in [-0.3, -0.25) is 18.9 Å². The van der Waals surface area contributed by atoms with Gasteiger partial charge in [-0.1, -0.05) is 81.4 Å². The summed E-state index contributed by atoms with van der Waals surface area (Å²) < 4.78 is 46.6. The van der Waals surface area contributed by atoms with Gasteiger partial charge in [0.1, 0.15) is 18.2 Å². The van der Waals surface area contributed by atoms with Crippen LogP contribution in [0.3, 0.4) is 0 Å². The van der Waals surface area contributed by atoms with Crippen LogP contribution in [0.1, 0.15) is 64.8 Å². The lowest BCUT2D eigenvalue weighted by Crippen LogP contribution is -2.56. The monoisotopic (exact) mass is 711 g/mol. The van der Waals surface area contributed by atoms with Crippen molar-refractivity contribution in [1.82, 2.24) is 15.1 Å². The van der Waals surface area contributed by atoms with Crippen LogP contribution in [0.2, 0.25) is 0 Å². The number of alkyl halides is 2. The van der Waals surface area contributed by atoms with E-state index >= 15 is 0 Å². The first-order valence-corrected chi connectivity index (χ1v) is 18.1. The SMILES string of the molecule is CC(C)(C)[C@H](NC(=O)c1cc2cc(C(F)(F)P(=O)(O)O)ccc2s1)C(=O)N1Cc2ccccc2C1C(=O)N1CCO[C@@H](c2ccccc2)C1. The molecule has 49 heavy (non-hydrogen) atoms. The van der Waals surface area contributed by atoms with E-state index < -0.39 is 48.1 Å². The lowest BCUT2D eigenvalue weighted by atomic mass is 9.85. The Morgan fingerprint density at radius 3 is 2.39 bits per heavy atom. The smallest absolute Gasteiger partial charge is 0.370 e. The van der Waals surface area contributed by atoms with Gasteiger partial charge in [0, 0.05) is 23.4 Å². The van der Waals surface area contributed by atoms with E-state index in [1.807, 2.05) is 54.6 Å². The Kier molecular flexibility index (Phi) is 9.27. The van der Waals surface area contributed by atoms with Crippen LogP contribution in [0, 0.1) is 5.41 Å². The second-order valence-electron chi connectivity index (χ2n) is 13.3. The zero-order valence-corrected chi connectivity index (χ0v) is 28.7. The molecule has 0 aliphatic carbocycles. The summed E-state index contributed by atoms with van der Waals surface area (Å²) in [5.41, 5.74) is -3.59. The largest absolute Gasteiger partial charge is 0.399 e. The zero-order valence-electron chi connectivity index (χ0n) is 27.0. The Balaban J connectivity index is 1.26. The topological polar surface area (TPSA) is 136 Å². The molecule has 3 amide bonds. The number of ether oxygens (including phenoxy) is 1. The van der Waals surface area contributed by atoms with Gasteiger partial charge >= 0.3 is 13.3 Å². The molecule has 3 heterocycles. The van der Waals surface area contributed by atoms with Gasteiger partial charge in [-0.05, 0) is 45.7 Å². The maximum Gasteiger partial charge on any atom is 0.399 e. The van der Waals surface area contributed by atoms with Crippen LogP contribution in [0.4, 0.5) is 8.78 Å². The van der Waals surface area contributed by atoms with E-state index in [0.29, 0.717) is 24.4 Å². The molecule has 4 aromatic rings. The normalized spacial score (nSPS) is 19.1. The number of nitrogens with zero attached hydrogens (tertiary/aromatic N) is 2. The minimum Gasteiger partial charge on any atom is -0.370 e. The maximum atomic E-state index is 14.5. The molecule has 1 saturated heterocycles. The molecule has 6 rings (SSSR count). The predicted molar refractivity (Wildman–Crippen MR) is 180 cm³/mol. The van der Waals surface area contributed by atoms with Gasteiger partial charge in [0.25, 0.3) is 5.91 Å². The minimum atomic E-state index is -5.79. The van der Waals surface area contributed by atoms with Gasteiger partial charge in [-0.15, -0.1) is 11.3 Å². The highest BCUT2D eigenvalue weighted by atomic mass is 32.1. The number of amides is 3. The third-order valence-corrected chi connectivity index (χ3v) is 11.0. The van der Waals surface area contributed by atoms with Gasteiger partial charge in [0.15, 0.2) is 0 Å². The average Bonchev–Trinajstić information content (AvgIpc) is 3.68. The zero-order chi connectivity index (χ0) is 35.3. The number of nitrogens with one attached hydrogen (secondary N) is 1. The van der Waals surface area contributed by atoms with Crippen molar-refractivity contribution in [3.8, 4) is 0 Å². The number of morpholine rings is 1. The molecule has 3 aromatic carbocycles. The van der Waals surface area contributed by atoms with Gasteiger partial charge in [0.05, 0.1) is 18.0 Å². The summed E-state index contributed by atoms with van der Waals surface area (Å²) in [6, 6.07) is 19.5. The fourth-order valence-electron chi connectivity index (χ4n) is 6.28. The molecule has 1 fully saturated rings. The van der Waals surface area contributed by atoms with Crippen molar-refractivity contribution in [2.45, 2.75) is 51.2 Å². The van der Waals surface area contributed by atoms with E-state index in [1.54, 1.807) is 25.7 Å². The number of carbonyl (C=O) groups excluding carboxylic acids is 3. The van der Waals surface area contributed by atoms with Crippen molar-refractivity contribution in [1.29, 1.82) is 0 Å². The van der Waals surface area contributed by atoms with E-state index in [4.69, 9.17) is 14.5 Å². The standard InChI is InChI=1S/C35H36F2N3O7PS/c1-34(2,3)30(38-31(41)28-18-23-17-24(13-14-27(23)49-28)35(36,37)48(44,45)46)33(43)40-19-22-11-7-8-12-25(22)29(40)32(42)39-15-16-47-26(20-39)21-9-5-4-6-10-21/h4-14,17-18,26,29-30H,15-16,19-20H2,1-3H3,(H,38,41)(H2,44,45,46)/t26-,29?,30-/m1/s1. The highest BCUT2D eigenvalue weighted by Crippen LogP contribution is 2.59. The molecule has 10 nitrogen and oxygen atoms in total. The second-order valence-corrected chi connectivity index (χ2v) is 16.1. The Bertz CT molecular complexity index is 1960. The summed E-state index contributed by atoms with van der Waals surface area (Å²) in [5.74, 6) is -1.32. The third-order valence-electron chi connectivity index (χ3n) is 8.91. The van der Waals surface area contributed by atoms with Gasteiger partial charge < -0.3 is 29.6 Å². The molecule has 1 unspecified atom stereocenters. The predicted octanol–water partition coefficient (Wildman–Crippen LogP) is 5.96. The lowest BCUT2D eigenvalue weighted by molar-refractivity contribution is -0.152. The first-order valence-electron chi connectivity index (χ1n) is 15.7. The molecule has 2 aliphatic heterocycles. The van der Waals surface area contributed by atoms with Crippen molar-refractivity contribution in [3.05, 3.63) is 106 Å². The second kappa shape index (κ2) is 13.0. The number of benzene rings is 3. The van der Waals surface area contributed by atoms with Crippen LogP contribution in [0.5, 0.6) is 0 Å². The van der Waals surface area contributed by atoms with Gasteiger partial charge in [-0.25, -0.2) is 0 Å². The van der Waals surface area contributed by atoms with Crippen LogP contribution < -0.4 is 5.32 Å².